The predicted octanol–water partition coefficient (Wildman–Crippen LogP) is 5.05. The summed E-state index contributed by atoms with van der Waals surface area (Å²) in [6.07, 6.45) is 5.35. The second-order valence-electron chi connectivity index (χ2n) is 9.42. The van der Waals surface area contributed by atoms with Crippen molar-refractivity contribution in [3.8, 4) is 5.75 Å². The van der Waals surface area contributed by atoms with Crippen LogP contribution in [0.4, 0.5) is 5.69 Å². The van der Waals surface area contributed by atoms with Crippen molar-refractivity contribution in [2.75, 3.05) is 25.4 Å². The number of methoxy groups -OCH3 is 1. The number of pyridine rings is 1. The average molecular weight is 427 g/mol. The van der Waals surface area contributed by atoms with Crippen molar-refractivity contribution in [1.29, 1.82) is 0 Å². The lowest BCUT2D eigenvalue weighted by molar-refractivity contribution is -0.311. The van der Waals surface area contributed by atoms with Crippen molar-refractivity contribution in [2.24, 2.45) is 5.41 Å². The van der Waals surface area contributed by atoms with Crippen LogP contribution in [-0.4, -0.2) is 37.1 Å². The van der Waals surface area contributed by atoms with Crippen LogP contribution < -0.4 is 9.80 Å². The highest BCUT2D eigenvalue weighted by molar-refractivity contribution is 5.58. The van der Waals surface area contributed by atoms with Crippen LogP contribution in [0.2, 0.25) is 0 Å². The third kappa shape index (κ3) is 5.03. The van der Waals surface area contributed by atoms with E-state index in [-0.39, 0.29) is 11.5 Å². The first-order valence-corrected chi connectivity index (χ1v) is 11.1. The van der Waals surface area contributed by atoms with E-state index in [0.717, 1.165) is 61.6 Å². The molecule has 1 spiro atoms. The molecule has 6 nitrogen and oxygen atoms in total. The maximum absolute atomic E-state index is 6.40. The summed E-state index contributed by atoms with van der Waals surface area (Å²) in [6, 6.07) is 12.4. The first kappa shape index (κ1) is 22.1. The van der Waals surface area contributed by atoms with Gasteiger partial charge in [0.2, 0.25) is 0 Å². The molecule has 0 amide bonds. The van der Waals surface area contributed by atoms with Gasteiger partial charge in [0, 0.05) is 24.5 Å². The molecule has 168 valence electrons. The van der Waals surface area contributed by atoms with Gasteiger partial charge in [-0.2, -0.15) is 0 Å². The number of benzene rings is 1. The van der Waals surface area contributed by atoms with E-state index >= 15 is 0 Å². The molecule has 1 saturated carbocycles. The van der Waals surface area contributed by atoms with Crippen LogP contribution in [0.3, 0.4) is 0 Å². The number of aromatic nitrogens is 1. The monoisotopic (exact) mass is 426 g/mol. The Hall–Kier alpha value is -2.15. The Morgan fingerprint density at radius 3 is 2.39 bits per heavy atom. The maximum atomic E-state index is 6.40. The molecule has 2 heterocycles. The Balaban J connectivity index is 1.52. The SMILES string of the molecule is COc1c(N(OCc2ccccc2)C2CCC3(CC2)OCC(C)(C)CO3)ccnc1C. The van der Waals surface area contributed by atoms with Gasteiger partial charge in [-0.25, -0.2) is 5.06 Å². The fourth-order valence-electron chi connectivity index (χ4n) is 4.36. The molecule has 0 atom stereocenters. The summed E-state index contributed by atoms with van der Waals surface area (Å²) in [5.41, 5.74) is 2.97. The van der Waals surface area contributed by atoms with Gasteiger partial charge in [0.1, 0.15) is 5.69 Å². The molecule has 2 aromatic rings. The summed E-state index contributed by atoms with van der Waals surface area (Å²) in [5, 5.41) is 2.03. The van der Waals surface area contributed by atoms with Crippen molar-refractivity contribution >= 4 is 5.69 Å². The van der Waals surface area contributed by atoms with Crippen molar-refractivity contribution < 1.29 is 19.0 Å². The Kier molecular flexibility index (Phi) is 6.51. The van der Waals surface area contributed by atoms with Gasteiger partial charge in [0.25, 0.3) is 0 Å². The number of nitrogens with zero attached hydrogens (tertiary/aromatic N) is 2. The first-order chi connectivity index (χ1) is 14.9. The van der Waals surface area contributed by atoms with Crippen LogP contribution in [0.15, 0.2) is 42.6 Å². The molecular formula is C25H34N2O4. The Morgan fingerprint density at radius 1 is 1.06 bits per heavy atom. The van der Waals surface area contributed by atoms with E-state index < -0.39 is 5.79 Å². The number of aryl methyl sites for hydroxylation is 1. The first-order valence-electron chi connectivity index (χ1n) is 11.1. The van der Waals surface area contributed by atoms with Crippen LogP contribution in [0.5, 0.6) is 5.75 Å². The third-order valence-corrected chi connectivity index (χ3v) is 6.22. The smallest absolute Gasteiger partial charge is 0.168 e. The molecule has 31 heavy (non-hydrogen) atoms. The van der Waals surface area contributed by atoms with Gasteiger partial charge in [0.15, 0.2) is 11.5 Å². The number of anilines is 1. The summed E-state index contributed by atoms with van der Waals surface area (Å²) >= 11 is 0. The van der Waals surface area contributed by atoms with E-state index in [2.05, 4.69) is 31.0 Å². The van der Waals surface area contributed by atoms with Gasteiger partial charge < -0.3 is 14.2 Å². The number of hydrogen-bond acceptors (Lipinski definition) is 6. The minimum atomic E-state index is -0.449. The quantitative estimate of drug-likeness (QED) is 0.603. The van der Waals surface area contributed by atoms with E-state index in [1.54, 1.807) is 7.11 Å². The largest absolute Gasteiger partial charge is 0.493 e. The van der Waals surface area contributed by atoms with Crippen LogP contribution in [-0.2, 0) is 20.9 Å². The Labute approximate surface area is 185 Å². The van der Waals surface area contributed by atoms with Gasteiger partial charge >= 0.3 is 0 Å². The fraction of sp³-hybridized carbons (Fsp3) is 0.560. The lowest BCUT2D eigenvalue weighted by Gasteiger charge is -2.48. The van der Waals surface area contributed by atoms with Gasteiger partial charge in [-0.1, -0.05) is 44.2 Å². The van der Waals surface area contributed by atoms with Gasteiger partial charge in [-0.05, 0) is 31.4 Å². The molecule has 0 unspecified atom stereocenters. The molecule has 0 bridgehead atoms. The zero-order chi connectivity index (χ0) is 21.9. The number of hydrogen-bond donors (Lipinski definition) is 0. The normalized spacial score (nSPS) is 20.5. The summed E-state index contributed by atoms with van der Waals surface area (Å²) < 4.78 is 18.2. The van der Waals surface area contributed by atoms with Crippen LogP contribution in [0.1, 0.15) is 50.8 Å². The minimum Gasteiger partial charge on any atom is -0.493 e. The second-order valence-corrected chi connectivity index (χ2v) is 9.42. The highest BCUT2D eigenvalue weighted by atomic mass is 16.7. The van der Waals surface area contributed by atoms with E-state index in [9.17, 15) is 0 Å². The summed E-state index contributed by atoms with van der Waals surface area (Å²) in [5.74, 6) is 0.304. The standard InChI is InChI=1S/C25H34N2O4/c1-19-23(28-4)22(12-15-26-19)27(31-16-20-8-6-5-7-9-20)21-10-13-25(14-11-21)29-17-24(2,3)18-30-25/h5-9,12,15,21H,10-11,13-14,16-18H2,1-4H3. The highest BCUT2D eigenvalue weighted by Gasteiger charge is 2.44. The molecule has 0 radical (unpaired) electrons. The molecule has 1 aliphatic carbocycles. The molecule has 2 aliphatic rings. The van der Waals surface area contributed by atoms with E-state index in [1.165, 1.54) is 0 Å². The molecule has 6 heteroatoms. The Morgan fingerprint density at radius 2 is 1.74 bits per heavy atom. The molecule has 4 rings (SSSR count). The van der Waals surface area contributed by atoms with Crippen LogP contribution in [0, 0.1) is 12.3 Å². The zero-order valence-electron chi connectivity index (χ0n) is 19.1. The van der Waals surface area contributed by atoms with Gasteiger partial charge in [-0.15, -0.1) is 0 Å². The minimum absolute atomic E-state index is 0.0782. The van der Waals surface area contributed by atoms with E-state index in [1.807, 2.05) is 42.4 Å². The highest BCUT2D eigenvalue weighted by Crippen LogP contribution is 2.42. The zero-order valence-corrected chi connectivity index (χ0v) is 19.1. The lowest BCUT2D eigenvalue weighted by atomic mass is 9.87. The molecule has 0 N–H and O–H groups in total. The topological polar surface area (TPSA) is 53.1 Å². The van der Waals surface area contributed by atoms with Crippen molar-refractivity contribution in [3.05, 3.63) is 53.9 Å². The molecule has 1 aliphatic heterocycles. The molecular weight excluding hydrogens is 392 g/mol. The lowest BCUT2D eigenvalue weighted by Crippen LogP contribution is -2.52. The molecule has 2 fully saturated rings. The van der Waals surface area contributed by atoms with Crippen molar-refractivity contribution in [2.45, 2.75) is 64.9 Å². The Bertz CT molecular complexity index is 851. The van der Waals surface area contributed by atoms with Crippen molar-refractivity contribution in [3.63, 3.8) is 0 Å². The number of hydroxylamine groups is 1. The predicted molar refractivity (Wildman–Crippen MR) is 120 cm³/mol. The maximum Gasteiger partial charge on any atom is 0.168 e. The van der Waals surface area contributed by atoms with Crippen LogP contribution >= 0.6 is 0 Å². The number of rotatable bonds is 6. The summed E-state index contributed by atoms with van der Waals surface area (Å²) in [6.45, 7) is 8.30. The van der Waals surface area contributed by atoms with Gasteiger partial charge in [-0.3, -0.25) is 9.82 Å². The number of ether oxygens (including phenoxy) is 3. The average Bonchev–Trinajstić information content (AvgIpc) is 2.78. The van der Waals surface area contributed by atoms with Crippen LogP contribution in [0.25, 0.3) is 0 Å². The summed E-state index contributed by atoms with van der Waals surface area (Å²) in [4.78, 5) is 10.8. The summed E-state index contributed by atoms with van der Waals surface area (Å²) in [7, 11) is 1.68. The van der Waals surface area contributed by atoms with Crippen molar-refractivity contribution in [1.82, 2.24) is 4.98 Å². The van der Waals surface area contributed by atoms with E-state index in [4.69, 9.17) is 19.0 Å². The molecule has 1 aromatic carbocycles. The second kappa shape index (κ2) is 9.15. The molecule has 1 aromatic heterocycles. The molecule has 1 saturated heterocycles. The third-order valence-electron chi connectivity index (χ3n) is 6.22. The fourth-order valence-corrected chi connectivity index (χ4v) is 4.36. The van der Waals surface area contributed by atoms with E-state index in [0.29, 0.717) is 6.61 Å². The van der Waals surface area contributed by atoms with Gasteiger partial charge in [0.05, 0.1) is 38.7 Å².